The smallest absolute Gasteiger partial charge is 0.181 e. The van der Waals surface area contributed by atoms with Crippen molar-refractivity contribution in [2.75, 3.05) is 13.7 Å². The van der Waals surface area contributed by atoms with Gasteiger partial charge in [-0.3, -0.25) is 4.79 Å². The third-order valence-electron chi connectivity index (χ3n) is 5.48. The molecule has 0 saturated carbocycles. The van der Waals surface area contributed by atoms with Crippen molar-refractivity contribution < 1.29 is 19.4 Å². The highest BCUT2D eigenvalue weighted by atomic mass is 16.5. The Morgan fingerprint density at radius 1 is 1.06 bits per heavy atom. The Kier molecular flexibility index (Phi) is 12.4. The number of ether oxygens (including phenoxy) is 2. The third-order valence-corrected chi connectivity index (χ3v) is 5.48. The van der Waals surface area contributed by atoms with Crippen molar-refractivity contribution in [1.29, 1.82) is 0 Å². The first-order valence-electron chi connectivity index (χ1n) is 11.7. The number of benzene rings is 1. The van der Waals surface area contributed by atoms with Gasteiger partial charge in [0.2, 0.25) is 0 Å². The Labute approximate surface area is 193 Å². The van der Waals surface area contributed by atoms with Crippen LogP contribution in [0.25, 0.3) is 0 Å². The van der Waals surface area contributed by atoms with Gasteiger partial charge in [-0.2, -0.15) is 0 Å². The molecule has 1 aliphatic carbocycles. The number of allylic oxidation sites excluding steroid dienone is 6. The molecule has 0 spiro atoms. The normalized spacial score (nSPS) is 18.4. The summed E-state index contributed by atoms with van der Waals surface area (Å²) in [5.41, 5.74) is 1.97. The van der Waals surface area contributed by atoms with E-state index in [1.807, 2.05) is 42.5 Å². The van der Waals surface area contributed by atoms with Crippen molar-refractivity contribution in [3.63, 3.8) is 0 Å². The van der Waals surface area contributed by atoms with Crippen molar-refractivity contribution in [2.24, 2.45) is 5.92 Å². The second-order valence-electron chi connectivity index (χ2n) is 8.10. The number of hydrogen-bond acceptors (Lipinski definition) is 4. The molecule has 0 heterocycles. The van der Waals surface area contributed by atoms with Gasteiger partial charge in [0.1, 0.15) is 5.75 Å². The summed E-state index contributed by atoms with van der Waals surface area (Å²) < 4.78 is 10.9. The number of unbranched alkanes of at least 4 members (excludes halogenated alkanes) is 2. The number of aliphatic hydroxyl groups excluding tert-OH is 1. The first-order chi connectivity index (χ1) is 15.6. The molecule has 1 aliphatic rings. The molecule has 4 nitrogen and oxygen atoms in total. The summed E-state index contributed by atoms with van der Waals surface area (Å²) in [5.74, 6) is 1.07. The minimum Gasteiger partial charge on any atom is -0.497 e. The lowest BCUT2D eigenvalue weighted by Gasteiger charge is -2.10. The van der Waals surface area contributed by atoms with Gasteiger partial charge in [-0.05, 0) is 68.7 Å². The Balaban J connectivity index is 1.60. The van der Waals surface area contributed by atoms with E-state index >= 15 is 0 Å². The van der Waals surface area contributed by atoms with Gasteiger partial charge in [-0.1, -0.05) is 55.5 Å². The van der Waals surface area contributed by atoms with Crippen LogP contribution in [0.5, 0.6) is 5.75 Å². The molecule has 0 bridgehead atoms. The van der Waals surface area contributed by atoms with E-state index in [9.17, 15) is 9.90 Å². The summed E-state index contributed by atoms with van der Waals surface area (Å²) in [4.78, 5) is 12.1. The summed E-state index contributed by atoms with van der Waals surface area (Å²) in [5, 5.41) is 10.1. The standard InChI is InChI=1S/C28H38O4/c1-3-4-8-12-25(29)16-19-27-24(15-20-28(27)30)11-9-6-5-7-10-21-32-22-23-13-17-26(31-2)18-14-23/h4,6,8-9,13-15,17-20,24-25,29H,3,5,7,10-12,16,21-22H2,1-2H3/b8-4-,9-6-,27-19+. The largest absolute Gasteiger partial charge is 0.497 e. The van der Waals surface area contributed by atoms with Crippen LogP contribution in [-0.4, -0.2) is 30.7 Å². The van der Waals surface area contributed by atoms with Gasteiger partial charge in [0.15, 0.2) is 5.78 Å². The predicted molar refractivity (Wildman–Crippen MR) is 131 cm³/mol. The maximum atomic E-state index is 12.1. The molecule has 0 radical (unpaired) electrons. The summed E-state index contributed by atoms with van der Waals surface area (Å²) in [6.45, 7) is 3.45. The Hall–Kier alpha value is -2.43. The van der Waals surface area contributed by atoms with Crippen molar-refractivity contribution in [3.05, 3.63) is 77.9 Å². The Bertz CT molecular complexity index is 786. The van der Waals surface area contributed by atoms with Gasteiger partial charge in [0.25, 0.3) is 0 Å². The molecule has 0 saturated heterocycles. The first kappa shape index (κ1) is 25.8. The van der Waals surface area contributed by atoms with Gasteiger partial charge in [0.05, 0.1) is 19.8 Å². The molecule has 0 aromatic heterocycles. The van der Waals surface area contributed by atoms with Gasteiger partial charge < -0.3 is 14.6 Å². The predicted octanol–water partition coefficient (Wildman–Crippen LogP) is 6.12. The van der Waals surface area contributed by atoms with Gasteiger partial charge in [-0.15, -0.1) is 0 Å². The van der Waals surface area contributed by atoms with Crippen LogP contribution in [0.3, 0.4) is 0 Å². The van der Waals surface area contributed by atoms with E-state index in [0.29, 0.717) is 19.4 Å². The fraction of sp³-hybridized carbons (Fsp3) is 0.464. The van der Waals surface area contributed by atoms with Crippen LogP contribution >= 0.6 is 0 Å². The van der Waals surface area contributed by atoms with Crippen LogP contribution in [-0.2, 0) is 16.1 Å². The van der Waals surface area contributed by atoms with E-state index in [1.165, 1.54) is 0 Å². The molecule has 1 N–H and O–H groups in total. The summed E-state index contributed by atoms with van der Waals surface area (Å²) in [6, 6.07) is 7.95. The quantitative estimate of drug-likeness (QED) is 0.204. The number of aliphatic hydroxyl groups is 1. The summed E-state index contributed by atoms with van der Waals surface area (Å²) >= 11 is 0. The maximum Gasteiger partial charge on any atom is 0.181 e. The third kappa shape index (κ3) is 9.80. The minimum absolute atomic E-state index is 0.0775. The van der Waals surface area contributed by atoms with Gasteiger partial charge in [0, 0.05) is 18.1 Å². The van der Waals surface area contributed by atoms with E-state index in [4.69, 9.17) is 9.47 Å². The molecule has 174 valence electrons. The van der Waals surface area contributed by atoms with Crippen molar-refractivity contribution in [1.82, 2.24) is 0 Å². The Morgan fingerprint density at radius 2 is 1.88 bits per heavy atom. The second-order valence-corrected chi connectivity index (χ2v) is 8.10. The molecule has 1 aromatic carbocycles. The molecule has 4 heteroatoms. The van der Waals surface area contributed by atoms with E-state index in [1.54, 1.807) is 13.2 Å². The van der Waals surface area contributed by atoms with Crippen LogP contribution < -0.4 is 4.74 Å². The zero-order valence-electron chi connectivity index (χ0n) is 19.5. The summed E-state index contributed by atoms with van der Waals surface area (Å²) in [6.07, 6.45) is 19.6. The van der Waals surface area contributed by atoms with Crippen molar-refractivity contribution in [3.8, 4) is 5.75 Å². The number of carbonyl (C=O) groups excluding carboxylic acids is 1. The lowest BCUT2D eigenvalue weighted by Crippen LogP contribution is -2.07. The average Bonchev–Trinajstić information content (AvgIpc) is 3.16. The van der Waals surface area contributed by atoms with Gasteiger partial charge in [-0.25, -0.2) is 0 Å². The van der Waals surface area contributed by atoms with Crippen LogP contribution in [0, 0.1) is 5.92 Å². The van der Waals surface area contributed by atoms with Crippen molar-refractivity contribution in [2.45, 2.75) is 64.6 Å². The van der Waals surface area contributed by atoms with Crippen LogP contribution in [0.2, 0.25) is 0 Å². The highest BCUT2D eigenvalue weighted by Gasteiger charge is 2.21. The molecule has 32 heavy (non-hydrogen) atoms. The van der Waals surface area contributed by atoms with Crippen molar-refractivity contribution >= 4 is 5.78 Å². The van der Waals surface area contributed by atoms with E-state index < -0.39 is 6.10 Å². The second kappa shape index (κ2) is 15.4. The van der Waals surface area contributed by atoms with E-state index in [0.717, 1.165) is 55.6 Å². The van der Waals surface area contributed by atoms with Gasteiger partial charge >= 0.3 is 0 Å². The fourth-order valence-electron chi connectivity index (χ4n) is 3.56. The topological polar surface area (TPSA) is 55.8 Å². The van der Waals surface area contributed by atoms with Crippen LogP contribution in [0.15, 0.2) is 72.4 Å². The number of carbonyl (C=O) groups is 1. The summed E-state index contributed by atoms with van der Waals surface area (Å²) in [7, 11) is 1.67. The van der Waals surface area contributed by atoms with E-state index in [-0.39, 0.29) is 11.7 Å². The molecule has 0 aliphatic heterocycles. The highest BCUT2D eigenvalue weighted by molar-refractivity contribution is 6.07. The molecule has 0 fully saturated rings. The zero-order valence-corrected chi connectivity index (χ0v) is 19.5. The van der Waals surface area contributed by atoms with Crippen LogP contribution in [0.1, 0.15) is 57.4 Å². The van der Waals surface area contributed by atoms with E-state index in [2.05, 4.69) is 25.2 Å². The zero-order chi connectivity index (χ0) is 23.0. The molecule has 2 rings (SSSR count). The highest BCUT2D eigenvalue weighted by Crippen LogP contribution is 2.26. The Morgan fingerprint density at radius 3 is 2.62 bits per heavy atom. The molecular formula is C28H38O4. The minimum atomic E-state index is -0.429. The average molecular weight is 439 g/mol. The maximum absolute atomic E-state index is 12.1. The molecule has 2 unspecified atom stereocenters. The SMILES string of the molecule is CC/C=C\CC(O)C/C=C1/C(=O)C=CC1C/C=C\CCCCOCc1ccc(OC)cc1. The first-order valence-corrected chi connectivity index (χ1v) is 11.7. The molecule has 1 aromatic rings. The number of rotatable bonds is 15. The monoisotopic (exact) mass is 438 g/mol. The number of ketones is 1. The molecule has 0 amide bonds. The lowest BCUT2D eigenvalue weighted by atomic mass is 9.96. The number of hydrogen-bond donors (Lipinski definition) is 1. The number of methoxy groups -OCH3 is 1. The molecular weight excluding hydrogens is 400 g/mol. The fourth-order valence-corrected chi connectivity index (χ4v) is 3.56. The van der Waals surface area contributed by atoms with Crippen LogP contribution in [0.4, 0.5) is 0 Å². The lowest BCUT2D eigenvalue weighted by molar-refractivity contribution is -0.111. The molecule has 2 atom stereocenters.